The van der Waals surface area contributed by atoms with Gasteiger partial charge in [0.25, 0.3) is 0 Å². The molecule has 0 saturated carbocycles. The molecule has 0 aliphatic carbocycles. The molecule has 1 heteroatoms. The van der Waals surface area contributed by atoms with Gasteiger partial charge < -0.3 is 5.11 Å². The van der Waals surface area contributed by atoms with Crippen LogP contribution in [-0.2, 0) is 0 Å². The van der Waals surface area contributed by atoms with Crippen LogP contribution in [0.3, 0.4) is 0 Å². The maximum absolute atomic E-state index is 9.18. The summed E-state index contributed by atoms with van der Waals surface area (Å²) < 4.78 is 0. The van der Waals surface area contributed by atoms with Crippen molar-refractivity contribution in [2.24, 2.45) is 0 Å². The van der Waals surface area contributed by atoms with E-state index in [1.54, 1.807) is 6.08 Å². The molecule has 1 unspecified atom stereocenters. The zero-order chi connectivity index (χ0) is 7.28. The highest BCUT2D eigenvalue weighted by Crippen LogP contribution is 2.04. The summed E-state index contributed by atoms with van der Waals surface area (Å²) in [6, 6.07) is 0. The molecule has 0 rings (SSSR count). The summed E-state index contributed by atoms with van der Waals surface area (Å²) in [5.41, 5.74) is 1.01. The molecule has 1 N–H and O–H groups in total. The van der Waals surface area contributed by atoms with Crippen molar-refractivity contribution in [2.45, 2.75) is 26.4 Å². The Morgan fingerprint density at radius 3 is 2.67 bits per heavy atom. The molecule has 0 aliphatic heterocycles. The smallest absolute Gasteiger partial charge is 0.0781 e. The largest absolute Gasteiger partial charge is 0.388 e. The van der Waals surface area contributed by atoms with E-state index in [9.17, 15) is 5.11 Å². The fraction of sp³-hybridized carbons (Fsp3) is 0.500. The van der Waals surface area contributed by atoms with Gasteiger partial charge in [-0.3, -0.25) is 0 Å². The van der Waals surface area contributed by atoms with Crippen LogP contribution in [0.4, 0.5) is 0 Å². The van der Waals surface area contributed by atoms with Crippen LogP contribution < -0.4 is 0 Å². The number of hydrogen-bond acceptors (Lipinski definition) is 1. The van der Waals surface area contributed by atoms with Crippen LogP contribution >= 0.6 is 0 Å². The van der Waals surface area contributed by atoms with E-state index in [1.165, 1.54) is 0 Å². The Labute approximate surface area is 56.7 Å². The van der Waals surface area contributed by atoms with Crippen LogP contribution in [0.15, 0.2) is 24.3 Å². The molecule has 52 valence electrons. The first-order valence-corrected chi connectivity index (χ1v) is 3.14. The van der Waals surface area contributed by atoms with Crippen molar-refractivity contribution in [3.8, 4) is 0 Å². The minimum absolute atomic E-state index is 0.326. The predicted molar refractivity (Wildman–Crippen MR) is 40.3 cm³/mol. The standard InChI is InChI=1S/C8H14O/c1-4-6-8(9)7(3)5-2/h4-5,8-9H,1,6H2,2-3H3/b7-5-. The molecule has 0 aliphatic rings. The average molecular weight is 126 g/mol. The topological polar surface area (TPSA) is 20.2 Å². The predicted octanol–water partition coefficient (Wildman–Crippen LogP) is 1.89. The van der Waals surface area contributed by atoms with Crippen molar-refractivity contribution in [1.82, 2.24) is 0 Å². The third kappa shape index (κ3) is 3.09. The van der Waals surface area contributed by atoms with Gasteiger partial charge >= 0.3 is 0 Å². The van der Waals surface area contributed by atoms with Gasteiger partial charge in [0, 0.05) is 0 Å². The lowest BCUT2D eigenvalue weighted by molar-refractivity contribution is 0.214. The summed E-state index contributed by atoms with van der Waals surface area (Å²) in [5.74, 6) is 0. The van der Waals surface area contributed by atoms with E-state index in [0.717, 1.165) is 5.57 Å². The average Bonchev–Trinajstić information content (AvgIpc) is 1.87. The lowest BCUT2D eigenvalue weighted by Crippen LogP contribution is -2.05. The van der Waals surface area contributed by atoms with Crippen molar-refractivity contribution in [1.29, 1.82) is 0 Å². The summed E-state index contributed by atoms with van der Waals surface area (Å²) in [7, 11) is 0. The summed E-state index contributed by atoms with van der Waals surface area (Å²) in [5, 5.41) is 9.18. The zero-order valence-corrected chi connectivity index (χ0v) is 6.09. The molecule has 0 aromatic heterocycles. The summed E-state index contributed by atoms with van der Waals surface area (Å²) >= 11 is 0. The highest BCUT2D eigenvalue weighted by molar-refractivity contribution is 5.04. The molecule has 1 nitrogen and oxygen atoms in total. The van der Waals surface area contributed by atoms with Crippen molar-refractivity contribution >= 4 is 0 Å². The second-order valence-electron chi connectivity index (χ2n) is 2.07. The van der Waals surface area contributed by atoms with E-state index < -0.39 is 0 Å². The van der Waals surface area contributed by atoms with Crippen molar-refractivity contribution in [3.05, 3.63) is 24.3 Å². The van der Waals surface area contributed by atoms with Crippen molar-refractivity contribution in [3.63, 3.8) is 0 Å². The monoisotopic (exact) mass is 126 g/mol. The van der Waals surface area contributed by atoms with E-state index in [1.807, 2.05) is 19.9 Å². The van der Waals surface area contributed by atoms with Crippen molar-refractivity contribution in [2.75, 3.05) is 0 Å². The van der Waals surface area contributed by atoms with Gasteiger partial charge in [-0.25, -0.2) is 0 Å². The molecule has 0 aromatic rings. The minimum Gasteiger partial charge on any atom is -0.388 e. The maximum atomic E-state index is 9.18. The molecule has 9 heavy (non-hydrogen) atoms. The fourth-order valence-corrected chi connectivity index (χ4v) is 0.536. The van der Waals surface area contributed by atoms with Gasteiger partial charge in [0.1, 0.15) is 0 Å². The highest BCUT2D eigenvalue weighted by atomic mass is 16.3. The SMILES string of the molecule is C=CCC(O)/C(C)=C\C. The fourth-order valence-electron chi connectivity index (χ4n) is 0.536. The van der Waals surface area contributed by atoms with Crippen LogP contribution in [-0.4, -0.2) is 11.2 Å². The Morgan fingerprint density at radius 2 is 2.33 bits per heavy atom. The quantitative estimate of drug-likeness (QED) is 0.572. The molecule has 0 spiro atoms. The van der Waals surface area contributed by atoms with E-state index in [4.69, 9.17) is 0 Å². The number of rotatable bonds is 3. The number of aliphatic hydroxyl groups is 1. The Bertz CT molecular complexity index is 114. The second kappa shape index (κ2) is 4.33. The van der Waals surface area contributed by atoms with Crippen LogP contribution in [0, 0.1) is 0 Å². The zero-order valence-electron chi connectivity index (χ0n) is 6.09. The Morgan fingerprint density at radius 1 is 1.78 bits per heavy atom. The molecule has 0 heterocycles. The van der Waals surface area contributed by atoms with Gasteiger partial charge in [0.05, 0.1) is 6.10 Å². The molecule has 0 fully saturated rings. The van der Waals surface area contributed by atoms with Gasteiger partial charge in [0.15, 0.2) is 0 Å². The second-order valence-corrected chi connectivity index (χ2v) is 2.07. The molecule has 1 atom stereocenters. The normalized spacial score (nSPS) is 15.2. The highest BCUT2D eigenvalue weighted by Gasteiger charge is 2.00. The summed E-state index contributed by atoms with van der Waals surface area (Å²) in [6.45, 7) is 7.36. The lowest BCUT2D eigenvalue weighted by atomic mass is 10.1. The summed E-state index contributed by atoms with van der Waals surface area (Å²) in [6.07, 6.45) is 3.95. The molecule has 0 amide bonds. The van der Waals surface area contributed by atoms with Crippen LogP contribution in [0.2, 0.25) is 0 Å². The van der Waals surface area contributed by atoms with E-state index in [-0.39, 0.29) is 6.10 Å². The van der Waals surface area contributed by atoms with Crippen molar-refractivity contribution < 1.29 is 5.11 Å². The van der Waals surface area contributed by atoms with Gasteiger partial charge in [0.2, 0.25) is 0 Å². The number of aliphatic hydroxyl groups excluding tert-OH is 1. The first kappa shape index (κ1) is 8.44. The summed E-state index contributed by atoms with van der Waals surface area (Å²) in [4.78, 5) is 0. The molecule has 0 saturated heterocycles. The first-order valence-electron chi connectivity index (χ1n) is 3.14. The first-order chi connectivity index (χ1) is 4.22. The van der Waals surface area contributed by atoms with Gasteiger partial charge in [-0.15, -0.1) is 6.58 Å². The third-order valence-corrected chi connectivity index (χ3v) is 1.37. The molecular weight excluding hydrogens is 112 g/mol. The molecular formula is C8H14O. The lowest BCUT2D eigenvalue weighted by Gasteiger charge is -2.06. The third-order valence-electron chi connectivity index (χ3n) is 1.37. The Hall–Kier alpha value is -0.560. The Balaban J connectivity index is 3.72. The van der Waals surface area contributed by atoms with Gasteiger partial charge in [-0.05, 0) is 25.8 Å². The van der Waals surface area contributed by atoms with Crippen LogP contribution in [0.25, 0.3) is 0 Å². The maximum Gasteiger partial charge on any atom is 0.0781 e. The van der Waals surface area contributed by atoms with E-state index in [0.29, 0.717) is 6.42 Å². The molecule has 0 bridgehead atoms. The van der Waals surface area contributed by atoms with E-state index >= 15 is 0 Å². The van der Waals surface area contributed by atoms with Crippen LogP contribution in [0.1, 0.15) is 20.3 Å². The number of hydrogen-bond donors (Lipinski definition) is 1. The minimum atomic E-state index is -0.326. The van der Waals surface area contributed by atoms with E-state index in [2.05, 4.69) is 6.58 Å². The van der Waals surface area contributed by atoms with Gasteiger partial charge in [-0.2, -0.15) is 0 Å². The van der Waals surface area contributed by atoms with Gasteiger partial charge in [-0.1, -0.05) is 12.2 Å². The van der Waals surface area contributed by atoms with Crippen LogP contribution in [0.5, 0.6) is 0 Å². The molecule has 0 aromatic carbocycles. The molecule has 0 radical (unpaired) electrons. The Kier molecular flexibility index (Phi) is 4.06. The number of allylic oxidation sites excluding steroid dienone is 1.